The van der Waals surface area contributed by atoms with Crippen molar-refractivity contribution in [1.29, 1.82) is 0 Å². The number of nitrogens with zero attached hydrogens (tertiary/aromatic N) is 2. The van der Waals surface area contributed by atoms with E-state index in [0.717, 1.165) is 29.0 Å². The first kappa shape index (κ1) is 21.5. The minimum absolute atomic E-state index is 0.0481. The fourth-order valence-corrected chi connectivity index (χ4v) is 4.03. The quantitative estimate of drug-likeness (QED) is 0.622. The minimum Gasteiger partial charge on any atom is -0.388 e. The maximum absolute atomic E-state index is 13.3. The van der Waals surface area contributed by atoms with Gasteiger partial charge in [0.2, 0.25) is 0 Å². The van der Waals surface area contributed by atoms with Gasteiger partial charge >= 0.3 is 12.2 Å². The largest absolute Gasteiger partial charge is 0.418 e. The van der Waals surface area contributed by atoms with Crippen molar-refractivity contribution < 1.29 is 22.8 Å². The number of benzene rings is 2. The first-order chi connectivity index (χ1) is 14.7. The van der Waals surface area contributed by atoms with Gasteiger partial charge in [-0.2, -0.15) is 13.2 Å². The zero-order valence-corrected chi connectivity index (χ0v) is 17.6. The van der Waals surface area contributed by atoms with Gasteiger partial charge in [0.25, 0.3) is 0 Å². The number of piperidine rings is 1. The molecular weight excluding hydrogens is 431 g/mol. The topological polar surface area (TPSA) is 53.9 Å². The first-order valence-corrected chi connectivity index (χ1v) is 10.3. The van der Waals surface area contributed by atoms with Crippen LogP contribution in [0.15, 0.2) is 47.6 Å². The lowest BCUT2D eigenvalue weighted by Crippen LogP contribution is -2.48. The molecule has 0 unspecified atom stereocenters. The van der Waals surface area contributed by atoms with Crippen LogP contribution in [0.5, 0.6) is 0 Å². The Morgan fingerprint density at radius 3 is 2.48 bits per heavy atom. The van der Waals surface area contributed by atoms with Crippen LogP contribution in [-0.4, -0.2) is 35.3 Å². The lowest BCUT2D eigenvalue weighted by molar-refractivity contribution is -0.136. The molecule has 1 N–H and O–H groups in total. The first-order valence-electron chi connectivity index (χ1n) is 9.90. The second kappa shape index (κ2) is 8.07. The number of oxime groups is 1. The van der Waals surface area contributed by atoms with Crippen LogP contribution in [0.4, 0.5) is 23.7 Å². The van der Waals surface area contributed by atoms with Crippen LogP contribution in [0.25, 0.3) is 0 Å². The highest BCUT2D eigenvalue weighted by Crippen LogP contribution is 2.38. The molecule has 1 spiro atoms. The number of anilines is 1. The van der Waals surface area contributed by atoms with Crippen molar-refractivity contribution in [2.24, 2.45) is 5.16 Å². The Balaban J connectivity index is 1.38. The molecule has 0 atom stereocenters. The van der Waals surface area contributed by atoms with E-state index >= 15 is 0 Å². The van der Waals surface area contributed by atoms with Gasteiger partial charge in [0.1, 0.15) is 5.60 Å². The van der Waals surface area contributed by atoms with Gasteiger partial charge < -0.3 is 15.1 Å². The summed E-state index contributed by atoms with van der Waals surface area (Å²) in [5, 5.41) is 6.58. The minimum atomic E-state index is -4.62. The van der Waals surface area contributed by atoms with Crippen LogP contribution in [0, 0.1) is 6.92 Å². The number of aryl methyl sites for hydroxylation is 1. The van der Waals surface area contributed by atoms with Gasteiger partial charge in [0, 0.05) is 37.4 Å². The van der Waals surface area contributed by atoms with E-state index in [-0.39, 0.29) is 10.7 Å². The molecule has 5 nitrogen and oxygen atoms in total. The summed E-state index contributed by atoms with van der Waals surface area (Å²) in [6.07, 6.45) is -2.89. The summed E-state index contributed by atoms with van der Waals surface area (Å²) in [7, 11) is 0. The van der Waals surface area contributed by atoms with E-state index in [4.69, 9.17) is 16.4 Å². The molecule has 31 heavy (non-hydrogen) atoms. The summed E-state index contributed by atoms with van der Waals surface area (Å²) < 4.78 is 39.8. The molecule has 0 bridgehead atoms. The smallest absolute Gasteiger partial charge is 0.388 e. The number of amides is 2. The maximum atomic E-state index is 13.3. The van der Waals surface area contributed by atoms with Gasteiger partial charge in [-0.3, -0.25) is 0 Å². The number of nitrogens with one attached hydrogen (secondary N) is 1. The third-order valence-electron chi connectivity index (χ3n) is 5.71. The molecule has 4 rings (SSSR count). The second-order valence-corrected chi connectivity index (χ2v) is 8.40. The summed E-state index contributed by atoms with van der Waals surface area (Å²) in [6.45, 7) is 2.73. The normalized spacial score (nSPS) is 18.0. The molecule has 2 amide bonds. The second-order valence-electron chi connectivity index (χ2n) is 7.96. The number of alkyl halides is 3. The Hall–Kier alpha value is -2.74. The molecule has 0 saturated carbocycles. The molecule has 0 aromatic heterocycles. The molecule has 2 aromatic carbocycles. The van der Waals surface area contributed by atoms with E-state index in [0.29, 0.717) is 32.4 Å². The van der Waals surface area contributed by atoms with Crippen molar-refractivity contribution in [2.75, 3.05) is 18.4 Å². The van der Waals surface area contributed by atoms with Crippen LogP contribution < -0.4 is 5.32 Å². The molecule has 2 aromatic rings. The third kappa shape index (κ3) is 4.63. The molecule has 164 valence electrons. The molecule has 2 aliphatic heterocycles. The molecule has 0 radical (unpaired) electrons. The van der Waals surface area contributed by atoms with E-state index in [9.17, 15) is 18.0 Å². The Bertz CT molecular complexity index is 1010. The molecule has 2 heterocycles. The monoisotopic (exact) mass is 451 g/mol. The highest BCUT2D eigenvalue weighted by molar-refractivity contribution is 6.30. The summed E-state index contributed by atoms with van der Waals surface area (Å²) >= 11 is 5.69. The number of rotatable bonds is 2. The van der Waals surface area contributed by atoms with E-state index in [2.05, 4.69) is 10.5 Å². The van der Waals surface area contributed by atoms with Crippen molar-refractivity contribution in [3.05, 3.63) is 64.2 Å². The van der Waals surface area contributed by atoms with Gasteiger partial charge in [0.15, 0.2) is 0 Å². The molecule has 1 saturated heterocycles. The van der Waals surface area contributed by atoms with Gasteiger partial charge in [-0.15, -0.1) is 0 Å². The molecule has 0 aliphatic carbocycles. The zero-order valence-electron chi connectivity index (χ0n) is 16.8. The maximum Gasteiger partial charge on any atom is 0.418 e. The predicted molar refractivity (Wildman–Crippen MR) is 112 cm³/mol. The third-order valence-corrected chi connectivity index (χ3v) is 5.95. The van der Waals surface area contributed by atoms with E-state index < -0.39 is 23.4 Å². The predicted octanol–water partition coefficient (Wildman–Crippen LogP) is 5.86. The Morgan fingerprint density at radius 1 is 1.16 bits per heavy atom. The molecule has 9 heteroatoms. The Labute approximate surface area is 182 Å². The fraction of sp³-hybridized carbons (Fsp3) is 0.364. The lowest BCUT2D eigenvalue weighted by Gasteiger charge is -2.37. The van der Waals surface area contributed by atoms with E-state index in [1.54, 1.807) is 0 Å². The Morgan fingerprint density at radius 2 is 1.84 bits per heavy atom. The number of halogens is 4. The van der Waals surface area contributed by atoms with Gasteiger partial charge in [0.05, 0.1) is 17.0 Å². The fourth-order valence-electron chi connectivity index (χ4n) is 3.86. The van der Waals surface area contributed by atoms with Gasteiger partial charge in [-0.05, 0) is 30.7 Å². The van der Waals surface area contributed by atoms with Crippen LogP contribution in [0.1, 0.15) is 36.0 Å². The zero-order chi connectivity index (χ0) is 22.2. The summed E-state index contributed by atoms with van der Waals surface area (Å²) in [5.41, 5.74) is 1.26. The van der Waals surface area contributed by atoms with Gasteiger partial charge in [-0.25, -0.2) is 4.79 Å². The number of hydrogen-bond donors (Lipinski definition) is 1. The molecule has 2 aliphatic rings. The average Bonchev–Trinajstić information content (AvgIpc) is 3.13. The summed E-state index contributed by atoms with van der Waals surface area (Å²) in [4.78, 5) is 19.9. The molecule has 1 fully saturated rings. The molecular formula is C22H21ClF3N3O2. The standard InChI is InChI=1S/C22H21ClF3N3O2/c1-14-2-4-15(5-3-14)19-13-21(31-28-19)8-10-29(11-9-21)20(30)27-18-7-6-16(23)12-17(18)22(24,25)26/h2-7,12H,8-11,13H2,1H3,(H,27,30). The summed E-state index contributed by atoms with van der Waals surface area (Å²) in [5.74, 6) is 0. The van der Waals surface area contributed by atoms with E-state index in [1.165, 1.54) is 11.0 Å². The van der Waals surface area contributed by atoms with Crippen LogP contribution >= 0.6 is 11.6 Å². The number of likely N-dealkylation sites (tertiary alicyclic amines) is 1. The highest BCUT2D eigenvalue weighted by Gasteiger charge is 2.43. The number of carbonyl (C=O) groups is 1. The lowest BCUT2D eigenvalue weighted by atomic mass is 9.85. The summed E-state index contributed by atoms with van der Waals surface area (Å²) in [6, 6.07) is 10.7. The number of carbonyl (C=O) groups excluding carboxylic acids is 1. The van der Waals surface area contributed by atoms with Gasteiger partial charge in [-0.1, -0.05) is 46.6 Å². The van der Waals surface area contributed by atoms with E-state index in [1.807, 2.05) is 31.2 Å². The van der Waals surface area contributed by atoms with Crippen molar-refractivity contribution in [3.8, 4) is 0 Å². The van der Waals surface area contributed by atoms with Crippen LogP contribution in [-0.2, 0) is 11.0 Å². The van der Waals surface area contributed by atoms with Crippen molar-refractivity contribution in [3.63, 3.8) is 0 Å². The van der Waals surface area contributed by atoms with Crippen molar-refractivity contribution in [2.45, 2.75) is 38.0 Å². The average molecular weight is 452 g/mol. The number of urea groups is 1. The highest BCUT2D eigenvalue weighted by atomic mass is 35.5. The van der Waals surface area contributed by atoms with Crippen LogP contribution in [0.2, 0.25) is 5.02 Å². The van der Waals surface area contributed by atoms with Crippen LogP contribution in [0.3, 0.4) is 0 Å². The Kier molecular flexibility index (Phi) is 5.60. The van der Waals surface area contributed by atoms with Crippen molar-refractivity contribution in [1.82, 2.24) is 4.90 Å². The number of hydrogen-bond acceptors (Lipinski definition) is 3. The van der Waals surface area contributed by atoms with Crippen molar-refractivity contribution >= 4 is 29.0 Å². The SMILES string of the molecule is Cc1ccc(C2=NOC3(CCN(C(=O)Nc4ccc(Cl)cc4C(F)(F)F)CC3)C2)cc1.